The Hall–Kier alpha value is -0.990. The number of unbranched alkanes of at least 4 members (excludes halogenated alkanes) is 1. The van der Waals surface area contributed by atoms with E-state index >= 15 is 0 Å². The van der Waals surface area contributed by atoms with E-state index in [9.17, 15) is 0 Å². The summed E-state index contributed by atoms with van der Waals surface area (Å²) >= 11 is 6.02. The van der Waals surface area contributed by atoms with Crippen molar-refractivity contribution in [3.05, 3.63) is 41.4 Å². The Labute approximate surface area is 115 Å². The van der Waals surface area contributed by atoms with E-state index in [-0.39, 0.29) is 6.04 Å². The van der Waals surface area contributed by atoms with E-state index in [1.165, 1.54) is 0 Å². The van der Waals surface area contributed by atoms with Crippen LogP contribution in [-0.2, 0) is 6.42 Å². The SMILES string of the molecule is C=CCCCOc1ccc(Cl)cc1CC(N)CC. The summed E-state index contributed by atoms with van der Waals surface area (Å²) in [7, 11) is 0. The van der Waals surface area contributed by atoms with Gasteiger partial charge in [-0.15, -0.1) is 6.58 Å². The maximum atomic E-state index is 6.02. The molecule has 1 unspecified atom stereocenters. The van der Waals surface area contributed by atoms with Crippen LogP contribution in [-0.4, -0.2) is 12.6 Å². The molecule has 0 aliphatic carbocycles. The highest BCUT2D eigenvalue weighted by Gasteiger charge is 2.08. The zero-order valence-electron chi connectivity index (χ0n) is 11.0. The monoisotopic (exact) mass is 267 g/mol. The molecule has 0 saturated heterocycles. The highest BCUT2D eigenvalue weighted by atomic mass is 35.5. The van der Waals surface area contributed by atoms with Crippen LogP contribution in [0.5, 0.6) is 5.75 Å². The third-order valence-corrected chi connectivity index (χ3v) is 3.07. The molecule has 0 amide bonds. The van der Waals surface area contributed by atoms with Crippen molar-refractivity contribution in [3.63, 3.8) is 0 Å². The summed E-state index contributed by atoms with van der Waals surface area (Å²) in [6.07, 6.45) is 5.60. The molecular weight excluding hydrogens is 246 g/mol. The van der Waals surface area contributed by atoms with Crippen LogP contribution in [0, 0.1) is 0 Å². The van der Waals surface area contributed by atoms with Gasteiger partial charge in [-0.2, -0.15) is 0 Å². The first kappa shape index (κ1) is 15.1. The topological polar surface area (TPSA) is 35.2 Å². The van der Waals surface area contributed by atoms with Gasteiger partial charge in [0.25, 0.3) is 0 Å². The highest BCUT2D eigenvalue weighted by Crippen LogP contribution is 2.24. The highest BCUT2D eigenvalue weighted by molar-refractivity contribution is 6.30. The smallest absolute Gasteiger partial charge is 0.122 e. The maximum absolute atomic E-state index is 6.02. The maximum Gasteiger partial charge on any atom is 0.122 e. The van der Waals surface area contributed by atoms with E-state index in [4.69, 9.17) is 22.1 Å². The molecule has 0 heterocycles. The molecule has 3 heteroatoms. The van der Waals surface area contributed by atoms with Crippen LogP contribution < -0.4 is 10.5 Å². The minimum atomic E-state index is 0.152. The van der Waals surface area contributed by atoms with Gasteiger partial charge in [0, 0.05) is 11.1 Å². The van der Waals surface area contributed by atoms with Crippen molar-refractivity contribution in [2.24, 2.45) is 5.73 Å². The number of benzene rings is 1. The van der Waals surface area contributed by atoms with Crippen LogP contribution in [0.15, 0.2) is 30.9 Å². The zero-order chi connectivity index (χ0) is 13.4. The van der Waals surface area contributed by atoms with E-state index in [0.29, 0.717) is 6.61 Å². The number of hydrogen-bond donors (Lipinski definition) is 1. The van der Waals surface area contributed by atoms with E-state index in [0.717, 1.165) is 42.0 Å². The number of rotatable bonds is 8. The van der Waals surface area contributed by atoms with E-state index < -0.39 is 0 Å². The largest absolute Gasteiger partial charge is 0.493 e. The summed E-state index contributed by atoms with van der Waals surface area (Å²) in [5, 5.41) is 0.728. The second-order valence-electron chi connectivity index (χ2n) is 4.40. The van der Waals surface area contributed by atoms with Crippen LogP contribution >= 0.6 is 11.6 Å². The molecule has 1 aromatic rings. The summed E-state index contributed by atoms with van der Waals surface area (Å²) < 4.78 is 5.78. The van der Waals surface area contributed by atoms with Crippen LogP contribution in [0.25, 0.3) is 0 Å². The van der Waals surface area contributed by atoms with Crippen LogP contribution in [0.2, 0.25) is 5.02 Å². The fourth-order valence-electron chi connectivity index (χ4n) is 1.68. The molecule has 0 aliphatic rings. The fraction of sp³-hybridized carbons (Fsp3) is 0.467. The molecule has 2 nitrogen and oxygen atoms in total. The lowest BCUT2D eigenvalue weighted by molar-refractivity contribution is 0.308. The Kier molecular flexibility index (Phi) is 6.84. The van der Waals surface area contributed by atoms with Gasteiger partial charge in [-0.05, 0) is 49.4 Å². The number of hydrogen-bond acceptors (Lipinski definition) is 2. The number of allylic oxidation sites excluding steroid dienone is 1. The van der Waals surface area contributed by atoms with Gasteiger partial charge < -0.3 is 10.5 Å². The average molecular weight is 268 g/mol. The van der Waals surface area contributed by atoms with Crippen molar-refractivity contribution in [1.82, 2.24) is 0 Å². The molecule has 0 aromatic heterocycles. The normalized spacial score (nSPS) is 12.2. The molecule has 2 N–H and O–H groups in total. The Morgan fingerprint density at radius 2 is 2.28 bits per heavy atom. The van der Waals surface area contributed by atoms with Crippen molar-refractivity contribution < 1.29 is 4.74 Å². The molecule has 0 fully saturated rings. The Bertz CT molecular complexity index is 379. The van der Waals surface area contributed by atoms with Crippen molar-refractivity contribution in [1.29, 1.82) is 0 Å². The zero-order valence-corrected chi connectivity index (χ0v) is 11.7. The predicted molar refractivity (Wildman–Crippen MR) is 78.3 cm³/mol. The summed E-state index contributed by atoms with van der Waals surface area (Å²) in [5.41, 5.74) is 7.08. The van der Waals surface area contributed by atoms with Crippen LogP contribution in [0.3, 0.4) is 0 Å². The summed E-state index contributed by atoms with van der Waals surface area (Å²) in [4.78, 5) is 0. The van der Waals surface area contributed by atoms with Gasteiger partial charge in [0.15, 0.2) is 0 Å². The average Bonchev–Trinajstić information content (AvgIpc) is 2.36. The molecular formula is C15H22ClNO. The molecule has 0 aliphatic heterocycles. The molecule has 0 radical (unpaired) electrons. The second-order valence-corrected chi connectivity index (χ2v) is 4.84. The fourth-order valence-corrected chi connectivity index (χ4v) is 1.88. The minimum Gasteiger partial charge on any atom is -0.493 e. The minimum absolute atomic E-state index is 0.152. The van der Waals surface area contributed by atoms with Gasteiger partial charge >= 0.3 is 0 Å². The Balaban J connectivity index is 2.66. The van der Waals surface area contributed by atoms with Crippen molar-refractivity contribution in [2.45, 2.75) is 38.6 Å². The van der Waals surface area contributed by atoms with Crippen molar-refractivity contribution in [2.75, 3.05) is 6.61 Å². The molecule has 1 atom stereocenters. The number of ether oxygens (including phenoxy) is 1. The first-order chi connectivity index (χ1) is 8.67. The van der Waals surface area contributed by atoms with E-state index in [1.807, 2.05) is 24.3 Å². The standard InChI is InChI=1S/C15H22ClNO/c1-3-5-6-9-18-15-8-7-13(16)10-12(15)11-14(17)4-2/h3,7-8,10,14H,1,4-6,9,11,17H2,2H3. The second kappa shape index (κ2) is 8.17. The third kappa shape index (κ3) is 5.11. The first-order valence-corrected chi connectivity index (χ1v) is 6.82. The van der Waals surface area contributed by atoms with E-state index in [1.54, 1.807) is 0 Å². The van der Waals surface area contributed by atoms with Gasteiger partial charge in [-0.3, -0.25) is 0 Å². The molecule has 100 valence electrons. The van der Waals surface area contributed by atoms with Crippen LogP contribution in [0.1, 0.15) is 31.7 Å². The molecule has 1 aromatic carbocycles. The molecule has 1 rings (SSSR count). The first-order valence-electron chi connectivity index (χ1n) is 6.45. The van der Waals surface area contributed by atoms with Gasteiger partial charge in [-0.25, -0.2) is 0 Å². The number of halogens is 1. The van der Waals surface area contributed by atoms with E-state index in [2.05, 4.69) is 13.5 Å². The Morgan fingerprint density at radius 3 is 2.94 bits per heavy atom. The van der Waals surface area contributed by atoms with Gasteiger partial charge in [0.05, 0.1) is 6.61 Å². The number of nitrogens with two attached hydrogens (primary N) is 1. The molecule has 18 heavy (non-hydrogen) atoms. The molecule has 0 bridgehead atoms. The van der Waals surface area contributed by atoms with Gasteiger partial charge in [0.2, 0.25) is 0 Å². The quantitative estimate of drug-likeness (QED) is 0.571. The molecule has 0 spiro atoms. The molecule has 0 saturated carbocycles. The van der Waals surface area contributed by atoms with Crippen LogP contribution in [0.4, 0.5) is 0 Å². The lowest BCUT2D eigenvalue weighted by Crippen LogP contribution is -2.21. The Morgan fingerprint density at radius 1 is 1.50 bits per heavy atom. The van der Waals surface area contributed by atoms with Gasteiger partial charge in [-0.1, -0.05) is 24.6 Å². The lowest BCUT2D eigenvalue weighted by atomic mass is 10.0. The van der Waals surface area contributed by atoms with Crippen molar-refractivity contribution in [3.8, 4) is 5.75 Å². The summed E-state index contributed by atoms with van der Waals surface area (Å²) in [5.74, 6) is 0.896. The summed E-state index contributed by atoms with van der Waals surface area (Å²) in [6, 6.07) is 5.87. The van der Waals surface area contributed by atoms with Crippen molar-refractivity contribution >= 4 is 11.6 Å². The predicted octanol–water partition coefficient (Wildman–Crippen LogP) is 3.96. The third-order valence-electron chi connectivity index (χ3n) is 2.84. The van der Waals surface area contributed by atoms with Gasteiger partial charge in [0.1, 0.15) is 5.75 Å². The summed E-state index contributed by atoms with van der Waals surface area (Å²) in [6.45, 7) is 6.47. The lowest BCUT2D eigenvalue weighted by Gasteiger charge is -2.14.